The second-order valence-electron chi connectivity index (χ2n) is 10.8. The summed E-state index contributed by atoms with van der Waals surface area (Å²) >= 11 is 1.29. The van der Waals surface area contributed by atoms with Crippen molar-refractivity contribution in [2.45, 2.75) is 32.4 Å². The number of carbonyl (C=O) groups is 1. The number of benzene rings is 4. The lowest BCUT2D eigenvalue weighted by Gasteiger charge is -2.25. The number of methoxy groups -OCH3 is 2. The van der Waals surface area contributed by atoms with Crippen LogP contribution in [0.15, 0.2) is 119 Å². The number of thiazole rings is 1. The zero-order valence-corrected chi connectivity index (χ0v) is 26.8. The van der Waals surface area contributed by atoms with Crippen molar-refractivity contribution in [2.24, 2.45) is 4.99 Å². The smallest absolute Gasteiger partial charge is 0.338 e. The number of hydrogen-bond acceptors (Lipinski definition) is 7. The number of allylic oxidation sites excluding steroid dienone is 2. The van der Waals surface area contributed by atoms with Crippen molar-refractivity contribution in [1.29, 1.82) is 0 Å². The number of esters is 1. The van der Waals surface area contributed by atoms with Gasteiger partial charge in [-0.25, -0.2) is 9.79 Å². The summed E-state index contributed by atoms with van der Waals surface area (Å²) in [6.45, 7) is 6.25. The molecule has 0 fully saturated rings. The van der Waals surface area contributed by atoms with E-state index in [-0.39, 0.29) is 5.56 Å². The van der Waals surface area contributed by atoms with E-state index < -0.39 is 12.0 Å². The molecule has 46 heavy (non-hydrogen) atoms. The molecule has 0 saturated carbocycles. The zero-order valence-electron chi connectivity index (χ0n) is 26.0. The van der Waals surface area contributed by atoms with E-state index in [1.54, 1.807) is 11.7 Å². The molecule has 0 saturated heterocycles. The van der Waals surface area contributed by atoms with Crippen LogP contribution in [0, 0.1) is 0 Å². The van der Waals surface area contributed by atoms with Crippen molar-refractivity contribution >= 4 is 34.2 Å². The molecular weight excluding hydrogens is 596 g/mol. The molecule has 1 atom stereocenters. The van der Waals surface area contributed by atoms with Gasteiger partial charge in [-0.05, 0) is 58.5 Å². The molecule has 1 aliphatic heterocycles. The Morgan fingerprint density at radius 2 is 1.76 bits per heavy atom. The summed E-state index contributed by atoms with van der Waals surface area (Å²) in [5.74, 6) is 0.692. The van der Waals surface area contributed by atoms with E-state index in [0.717, 1.165) is 33.0 Å². The fraction of sp³-hybridized carbons (Fsp3) is 0.184. The summed E-state index contributed by atoms with van der Waals surface area (Å²) < 4.78 is 19.5. The summed E-state index contributed by atoms with van der Waals surface area (Å²) in [5.41, 5.74) is 4.27. The Bertz CT molecular complexity index is 2160. The highest BCUT2D eigenvalue weighted by molar-refractivity contribution is 7.07. The Kier molecular flexibility index (Phi) is 8.99. The predicted molar refractivity (Wildman–Crippen MR) is 182 cm³/mol. The van der Waals surface area contributed by atoms with Gasteiger partial charge in [-0.1, -0.05) is 97.1 Å². The van der Waals surface area contributed by atoms with Gasteiger partial charge in [0, 0.05) is 5.56 Å². The van der Waals surface area contributed by atoms with Crippen LogP contribution in [0.4, 0.5) is 0 Å². The van der Waals surface area contributed by atoms with Crippen LogP contribution >= 0.6 is 11.3 Å². The van der Waals surface area contributed by atoms with Crippen LogP contribution in [0.2, 0.25) is 0 Å². The average Bonchev–Trinajstić information content (AvgIpc) is 3.40. The van der Waals surface area contributed by atoms with Crippen LogP contribution in [0.25, 0.3) is 16.8 Å². The lowest BCUT2D eigenvalue weighted by atomic mass is 9.95. The van der Waals surface area contributed by atoms with Crippen LogP contribution in [0.5, 0.6) is 11.5 Å². The molecule has 0 unspecified atom stereocenters. The van der Waals surface area contributed by atoms with E-state index in [0.29, 0.717) is 51.6 Å². The first-order valence-corrected chi connectivity index (χ1v) is 15.9. The van der Waals surface area contributed by atoms with Gasteiger partial charge in [0.05, 0.1) is 36.1 Å². The molecule has 0 spiro atoms. The van der Waals surface area contributed by atoms with Crippen molar-refractivity contribution in [3.63, 3.8) is 0 Å². The Labute approximate surface area is 271 Å². The van der Waals surface area contributed by atoms with E-state index in [2.05, 4.69) is 30.8 Å². The normalized spacial score (nSPS) is 14.5. The van der Waals surface area contributed by atoms with Gasteiger partial charge in [-0.2, -0.15) is 0 Å². The molecule has 0 amide bonds. The van der Waals surface area contributed by atoms with Crippen LogP contribution in [-0.2, 0) is 22.6 Å². The first kappa shape index (κ1) is 30.8. The number of nitrogens with zero attached hydrogens (tertiary/aromatic N) is 2. The second-order valence-corrected chi connectivity index (χ2v) is 11.8. The summed E-state index contributed by atoms with van der Waals surface area (Å²) in [7, 11) is 2.95. The summed E-state index contributed by atoms with van der Waals surface area (Å²) in [5, 5.41) is 2.29. The first-order valence-electron chi connectivity index (χ1n) is 15.1. The number of fused-ring (bicyclic) bond motifs is 2. The third kappa shape index (κ3) is 5.79. The molecule has 6 rings (SSSR count). The molecule has 232 valence electrons. The van der Waals surface area contributed by atoms with Crippen LogP contribution in [0.1, 0.15) is 41.6 Å². The van der Waals surface area contributed by atoms with Gasteiger partial charge in [0.25, 0.3) is 5.56 Å². The fourth-order valence-corrected chi connectivity index (χ4v) is 6.94. The Morgan fingerprint density at radius 3 is 2.50 bits per heavy atom. The molecule has 0 bridgehead atoms. The Morgan fingerprint density at radius 1 is 1.00 bits per heavy atom. The Balaban J connectivity index is 1.44. The molecular formula is C38H34N2O5S. The van der Waals surface area contributed by atoms with E-state index in [4.69, 9.17) is 19.2 Å². The maximum absolute atomic E-state index is 14.1. The van der Waals surface area contributed by atoms with Crippen molar-refractivity contribution in [1.82, 2.24) is 4.57 Å². The molecule has 1 aliphatic rings. The molecule has 0 aliphatic carbocycles. The highest BCUT2D eigenvalue weighted by atomic mass is 32.1. The first-order chi connectivity index (χ1) is 22.5. The standard InChI is InChI=1S/C38H34N2O5S/c1-5-13-27-20-24(21-31(43-3)35(27)45-23-28-18-12-17-25-14-10-11-19-29(25)28)22-32-36(41)40-34(26-15-8-7-9-16-26)33(37(42)44-4)30(6-2)39-38(40)46-32/h5,7-12,14-22,34H,1,6,13,23H2,2-4H3/b32-22-/t34-/m0/s1. The lowest BCUT2D eigenvalue weighted by molar-refractivity contribution is -0.136. The molecule has 8 heteroatoms. The van der Waals surface area contributed by atoms with E-state index in [1.807, 2.05) is 79.7 Å². The van der Waals surface area contributed by atoms with Crippen molar-refractivity contribution in [2.75, 3.05) is 14.2 Å². The highest BCUT2D eigenvalue weighted by Gasteiger charge is 2.33. The largest absolute Gasteiger partial charge is 0.493 e. The Hall–Kier alpha value is -5.21. The molecule has 4 aromatic carbocycles. The molecule has 0 N–H and O–H groups in total. The van der Waals surface area contributed by atoms with E-state index >= 15 is 0 Å². The summed E-state index contributed by atoms with van der Waals surface area (Å²) in [6.07, 6.45) is 4.71. The number of rotatable bonds is 10. The molecule has 7 nitrogen and oxygen atoms in total. The molecule has 2 heterocycles. The minimum Gasteiger partial charge on any atom is -0.493 e. The van der Waals surface area contributed by atoms with Crippen LogP contribution in [0.3, 0.4) is 0 Å². The quantitative estimate of drug-likeness (QED) is 0.134. The van der Waals surface area contributed by atoms with Crippen molar-refractivity contribution in [3.05, 3.63) is 151 Å². The molecule has 1 aromatic heterocycles. The third-order valence-electron chi connectivity index (χ3n) is 8.05. The third-order valence-corrected chi connectivity index (χ3v) is 9.04. The average molecular weight is 631 g/mol. The van der Waals surface area contributed by atoms with E-state index in [9.17, 15) is 9.59 Å². The second kappa shape index (κ2) is 13.4. The number of aromatic nitrogens is 1. The van der Waals surface area contributed by atoms with Gasteiger partial charge in [0.1, 0.15) is 6.61 Å². The minimum absolute atomic E-state index is 0.241. The van der Waals surface area contributed by atoms with Gasteiger partial charge < -0.3 is 14.2 Å². The number of carbonyl (C=O) groups excluding carboxylic acids is 1. The lowest BCUT2D eigenvalue weighted by Crippen LogP contribution is -2.40. The maximum Gasteiger partial charge on any atom is 0.338 e. The van der Waals surface area contributed by atoms with Crippen molar-refractivity contribution in [3.8, 4) is 11.5 Å². The molecule has 0 radical (unpaired) electrons. The number of hydrogen-bond donors (Lipinski definition) is 0. The van der Waals surface area contributed by atoms with Gasteiger partial charge in [-0.15, -0.1) is 6.58 Å². The topological polar surface area (TPSA) is 79.1 Å². The van der Waals surface area contributed by atoms with Crippen LogP contribution in [-0.4, -0.2) is 24.8 Å². The monoisotopic (exact) mass is 630 g/mol. The highest BCUT2D eigenvalue weighted by Crippen LogP contribution is 2.35. The zero-order chi connectivity index (χ0) is 32.2. The predicted octanol–water partition coefficient (Wildman–Crippen LogP) is 6.27. The SMILES string of the molecule is C=CCc1cc(/C=c2\sc3n(c2=O)[C@@H](c2ccccc2)C(C(=O)OC)=C(CC)N=3)cc(OC)c1OCc1cccc2ccccc12. The molecule has 5 aromatic rings. The number of ether oxygens (including phenoxy) is 3. The summed E-state index contributed by atoms with van der Waals surface area (Å²) in [4.78, 5) is 32.4. The fourth-order valence-electron chi connectivity index (χ4n) is 5.92. The minimum atomic E-state index is -0.655. The van der Waals surface area contributed by atoms with Gasteiger partial charge >= 0.3 is 5.97 Å². The van der Waals surface area contributed by atoms with Gasteiger partial charge in [0.2, 0.25) is 0 Å². The van der Waals surface area contributed by atoms with Gasteiger partial charge in [0.15, 0.2) is 16.3 Å². The van der Waals surface area contributed by atoms with Crippen molar-refractivity contribution < 1.29 is 19.0 Å². The van der Waals surface area contributed by atoms with Gasteiger partial charge in [-0.3, -0.25) is 9.36 Å². The van der Waals surface area contributed by atoms with Crippen LogP contribution < -0.4 is 24.4 Å². The summed E-state index contributed by atoms with van der Waals surface area (Å²) in [6, 6.07) is 27.1. The maximum atomic E-state index is 14.1. The van der Waals surface area contributed by atoms with E-state index in [1.165, 1.54) is 18.4 Å².